The predicted octanol–water partition coefficient (Wildman–Crippen LogP) is 0.856. The monoisotopic (exact) mass is 417 g/mol. The minimum absolute atomic E-state index is 0. The van der Waals surface area contributed by atoms with Gasteiger partial charge in [-0.05, 0) is 25.2 Å². The van der Waals surface area contributed by atoms with Gasteiger partial charge in [-0.15, -0.1) is 12.4 Å². The molecule has 0 aliphatic carbocycles. The number of rotatable bonds is 8. The Bertz CT molecular complexity index is 895. The van der Waals surface area contributed by atoms with Gasteiger partial charge in [-0.1, -0.05) is 0 Å². The fourth-order valence-electron chi connectivity index (χ4n) is 2.64. The fourth-order valence-corrected chi connectivity index (χ4v) is 3.56. The standard InChI is InChI=1S/C17H27N5O3S.ClH/c1-18-10-11-21(4)17(23)9-8-16-19-14-12-13(26(24,25)20(2)3)6-7-15(14)22(16)5;/h6-7,12,18H,8-11H2,1-5H3;1H. The maximum absolute atomic E-state index is 12.3. The van der Waals surface area contributed by atoms with Crippen LogP contribution in [-0.2, 0) is 28.3 Å². The Morgan fingerprint density at radius 3 is 2.52 bits per heavy atom. The summed E-state index contributed by atoms with van der Waals surface area (Å²) in [5.74, 6) is 0.818. The highest BCUT2D eigenvalue weighted by Crippen LogP contribution is 2.21. The van der Waals surface area contributed by atoms with Crippen molar-refractivity contribution < 1.29 is 13.2 Å². The molecular formula is C17H28ClN5O3S. The van der Waals surface area contributed by atoms with Crippen LogP contribution in [0.3, 0.4) is 0 Å². The number of nitrogens with zero attached hydrogens (tertiary/aromatic N) is 4. The number of sulfonamides is 1. The summed E-state index contributed by atoms with van der Waals surface area (Å²) in [5.41, 5.74) is 1.45. The highest BCUT2D eigenvalue weighted by Gasteiger charge is 2.19. The Kier molecular flexibility index (Phi) is 8.22. The summed E-state index contributed by atoms with van der Waals surface area (Å²) < 4.78 is 27.6. The van der Waals surface area contributed by atoms with Crippen LogP contribution in [0.5, 0.6) is 0 Å². The number of nitrogens with one attached hydrogen (secondary N) is 1. The van der Waals surface area contributed by atoms with Crippen LogP contribution in [0.15, 0.2) is 23.1 Å². The number of halogens is 1. The minimum Gasteiger partial charge on any atom is -0.344 e. The fraction of sp³-hybridized carbons (Fsp3) is 0.529. The Hall–Kier alpha value is -1.68. The Morgan fingerprint density at radius 2 is 1.93 bits per heavy atom. The lowest BCUT2D eigenvalue weighted by Gasteiger charge is -2.16. The van der Waals surface area contributed by atoms with E-state index in [4.69, 9.17) is 0 Å². The number of hydrogen-bond acceptors (Lipinski definition) is 5. The summed E-state index contributed by atoms with van der Waals surface area (Å²) in [6, 6.07) is 4.91. The number of benzene rings is 1. The molecule has 2 rings (SSSR count). The first-order chi connectivity index (χ1) is 12.2. The quantitative estimate of drug-likeness (QED) is 0.688. The van der Waals surface area contributed by atoms with Crippen molar-refractivity contribution in [2.45, 2.75) is 17.7 Å². The molecule has 0 unspecified atom stereocenters. The summed E-state index contributed by atoms with van der Waals surface area (Å²) >= 11 is 0. The summed E-state index contributed by atoms with van der Waals surface area (Å²) in [4.78, 5) is 18.6. The van der Waals surface area contributed by atoms with Crippen LogP contribution in [0.2, 0.25) is 0 Å². The number of aryl methyl sites for hydroxylation is 2. The molecule has 0 spiro atoms. The average molecular weight is 418 g/mol. The van der Waals surface area contributed by atoms with E-state index in [2.05, 4.69) is 10.3 Å². The molecule has 0 aliphatic heterocycles. The molecule has 27 heavy (non-hydrogen) atoms. The molecule has 0 saturated carbocycles. The third-order valence-electron chi connectivity index (χ3n) is 4.41. The molecule has 1 heterocycles. The van der Waals surface area contributed by atoms with E-state index in [1.54, 1.807) is 30.1 Å². The van der Waals surface area contributed by atoms with Crippen LogP contribution in [0.25, 0.3) is 11.0 Å². The largest absolute Gasteiger partial charge is 0.344 e. The van der Waals surface area contributed by atoms with Crippen LogP contribution >= 0.6 is 12.4 Å². The van der Waals surface area contributed by atoms with Crippen molar-refractivity contribution in [3.63, 3.8) is 0 Å². The van der Waals surface area contributed by atoms with Crippen molar-refractivity contribution >= 4 is 39.4 Å². The van der Waals surface area contributed by atoms with Gasteiger partial charge >= 0.3 is 0 Å². The molecule has 1 aromatic carbocycles. The molecule has 0 aliphatic rings. The summed E-state index contributed by atoms with van der Waals surface area (Å²) in [6.07, 6.45) is 0.865. The molecule has 1 amide bonds. The number of likely N-dealkylation sites (N-methyl/N-ethyl adjacent to an activating group) is 2. The van der Waals surface area contributed by atoms with Gasteiger partial charge in [0.1, 0.15) is 5.82 Å². The second kappa shape index (κ2) is 9.50. The first-order valence-electron chi connectivity index (χ1n) is 8.45. The van der Waals surface area contributed by atoms with E-state index in [-0.39, 0.29) is 23.2 Å². The van der Waals surface area contributed by atoms with E-state index in [1.165, 1.54) is 18.4 Å². The number of amides is 1. The second-order valence-electron chi connectivity index (χ2n) is 6.44. The molecule has 0 atom stereocenters. The van der Waals surface area contributed by atoms with E-state index in [9.17, 15) is 13.2 Å². The molecule has 2 aromatic rings. The van der Waals surface area contributed by atoms with Gasteiger partial charge in [0.15, 0.2) is 0 Å². The normalized spacial score (nSPS) is 11.6. The van der Waals surface area contributed by atoms with Crippen molar-refractivity contribution in [3.8, 4) is 0 Å². The molecule has 0 saturated heterocycles. The van der Waals surface area contributed by atoms with E-state index >= 15 is 0 Å². The SMILES string of the molecule is CNCCN(C)C(=O)CCc1nc2cc(S(=O)(=O)N(C)C)ccc2n1C.Cl. The lowest BCUT2D eigenvalue weighted by atomic mass is 10.2. The Morgan fingerprint density at radius 1 is 1.26 bits per heavy atom. The van der Waals surface area contributed by atoms with Gasteiger partial charge in [0.2, 0.25) is 15.9 Å². The molecule has 0 radical (unpaired) electrons. The van der Waals surface area contributed by atoms with Gasteiger partial charge in [-0.25, -0.2) is 17.7 Å². The average Bonchev–Trinajstić information content (AvgIpc) is 2.92. The first kappa shape index (κ1) is 23.4. The first-order valence-corrected chi connectivity index (χ1v) is 9.89. The molecule has 8 nitrogen and oxygen atoms in total. The van der Waals surface area contributed by atoms with Crippen LogP contribution in [0.4, 0.5) is 0 Å². The lowest BCUT2D eigenvalue weighted by Crippen LogP contribution is -2.33. The zero-order valence-corrected chi connectivity index (χ0v) is 18.0. The number of carbonyl (C=O) groups is 1. The lowest BCUT2D eigenvalue weighted by molar-refractivity contribution is -0.129. The third-order valence-corrected chi connectivity index (χ3v) is 6.22. The van der Waals surface area contributed by atoms with Gasteiger partial charge < -0.3 is 14.8 Å². The van der Waals surface area contributed by atoms with Crippen LogP contribution < -0.4 is 5.32 Å². The smallest absolute Gasteiger partial charge is 0.242 e. The number of imidazole rings is 1. The summed E-state index contributed by atoms with van der Waals surface area (Å²) in [6.45, 7) is 1.40. The third kappa shape index (κ3) is 5.19. The molecule has 10 heteroatoms. The van der Waals surface area contributed by atoms with Gasteiger partial charge in [0.25, 0.3) is 0 Å². The van der Waals surface area contributed by atoms with E-state index < -0.39 is 10.0 Å². The molecule has 1 N–H and O–H groups in total. The van der Waals surface area contributed by atoms with Crippen LogP contribution in [-0.4, -0.2) is 74.4 Å². The van der Waals surface area contributed by atoms with Crippen molar-refractivity contribution in [1.29, 1.82) is 0 Å². The van der Waals surface area contributed by atoms with Gasteiger partial charge in [-0.2, -0.15) is 0 Å². The molecule has 152 valence electrons. The van der Waals surface area contributed by atoms with Gasteiger partial charge in [-0.3, -0.25) is 4.79 Å². The van der Waals surface area contributed by atoms with Crippen LogP contribution in [0, 0.1) is 0 Å². The van der Waals surface area contributed by atoms with Crippen molar-refractivity contribution in [2.75, 3.05) is 41.3 Å². The predicted molar refractivity (Wildman–Crippen MR) is 109 cm³/mol. The van der Waals surface area contributed by atoms with Crippen molar-refractivity contribution in [2.24, 2.45) is 7.05 Å². The number of fused-ring (bicyclic) bond motifs is 1. The topological polar surface area (TPSA) is 87.5 Å². The van der Waals surface area contributed by atoms with Gasteiger partial charge in [0.05, 0.1) is 15.9 Å². The molecular weight excluding hydrogens is 390 g/mol. The van der Waals surface area contributed by atoms with Gasteiger partial charge in [0, 0.05) is 54.1 Å². The molecule has 0 fully saturated rings. The van der Waals surface area contributed by atoms with E-state index in [0.717, 1.165) is 17.9 Å². The molecule has 1 aromatic heterocycles. The summed E-state index contributed by atoms with van der Waals surface area (Å²) in [5, 5.41) is 3.02. The van der Waals surface area contributed by atoms with Crippen LogP contribution in [0.1, 0.15) is 12.2 Å². The number of carbonyl (C=O) groups excluding carboxylic acids is 1. The van der Waals surface area contributed by atoms with Crippen molar-refractivity contribution in [3.05, 3.63) is 24.0 Å². The maximum Gasteiger partial charge on any atom is 0.242 e. The second-order valence-corrected chi connectivity index (χ2v) is 8.60. The van der Waals surface area contributed by atoms with E-state index in [0.29, 0.717) is 24.9 Å². The Labute approximate surface area is 167 Å². The zero-order chi connectivity index (χ0) is 19.5. The summed E-state index contributed by atoms with van der Waals surface area (Å²) in [7, 11) is 5.01. The highest BCUT2D eigenvalue weighted by molar-refractivity contribution is 7.89. The van der Waals surface area contributed by atoms with Crippen molar-refractivity contribution in [1.82, 2.24) is 24.1 Å². The zero-order valence-electron chi connectivity index (χ0n) is 16.4. The number of hydrogen-bond donors (Lipinski definition) is 1. The van der Waals surface area contributed by atoms with E-state index in [1.807, 2.05) is 18.7 Å². The minimum atomic E-state index is -3.50. The molecule has 0 bridgehead atoms. The maximum atomic E-state index is 12.3. The highest BCUT2D eigenvalue weighted by atomic mass is 35.5. The Balaban J connectivity index is 0.00000364. The number of aromatic nitrogens is 2.